The molecule has 0 aromatic carbocycles. The van der Waals surface area contributed by atoms with Crippen molar-refractivity contribution in [2.24, 2.45) is 0 Å². The monoisotopic (exact) mass is 298 g/mol. The second kappa shape index (κ2) is 5.21. The molecule has 0 saturated heterocycles. The molecule has 3 aromatic rings. The summed E-state index contributed by atoms with van der Waals surface area (Å²) in [6.07, 6.45) is 3.29. The van der Waals surface area contributed by atoms with Crippen molar-refractivity contribution in [3.63, 3.8) is 0 Å². The fourth-order valence-electron chi connectivity index (χ4n) is 2.31. The molecule has 106 valence electrons. The number of anilines is 1. The largest absolute Gasteiger partial charge is 0.320 e. The van der Waals surface area contributed by atoms with Crippen LogP contribution in [-0.4, -0.2) is 20.9 Å². The molecule has 0 atom stereocenters. The first-order valence-corrected chi connectivity index (χ1v) is 7.33. The number of carbonyl (C=O) groups excluding carboxylic acids is 1. The number of aryl methyl sites for hydroxylation is 3. The van der Waals surface area contributed by atoms with Crippen molar-refractivity contribution in [3.05, 3.63) is 46.5 Å². The molecule has 3 heterocycles. The number of aromatic nitrogens is 3. The number of nitrogens with zero attached hydrogens (tertiary/aromatic N) is 3. The minimum Gasteiger partial charge on any atom is -0.320 e. The van der Waals surface area contributed by atoms with Crippen LogP contribution in [-0.2, 0) is 0 Å². The summed E-state index contributed by atoms with van der Waals surface area (Å²) in [5.74, 6) is 0.584. The number of rotatable bonds is 2. The van der Waals surface area contributed by atoms with E-state index in [9.17, 15) is 4.79 Å². The summed E-state index contributed by atoms with van der Waals surface area (Å²) in [5.41, 5.74) is 2.51. The first kappa shape index (κ1) is 13.6. The van der Waals surface area contributed by atoms with Gasteiger partial charge in [-0.05, 0) is 38.5 Å². The van der Waals surface area contributed by atoms with E-state index in [0.717, 1.165) is 27.3 Å². The van der Waals surface area contributed by atoms with Gasteiger partial charge in [0.15, 0.2) is 0 Å². The number of carbonyl (C=O) groups is 1. The van der Waals surface area contributed by atoms with Crippen LogP contribution in [0.15, 0.2) is 24.5 Å². The van der Waals surface area contributed by atoms with Gasteiger partial charge in [-0.15, -0.1) is 11.3 Å². The van der Waals surface area contributed by atoms with Crippen LogP contribution in [0.2, 0.25) is 0 Å². The fourth-order valence-corrected chi connectivity index (χ4v) is 3.49. The van der Waals surface area contributed by atoms with Gasteiger partial charge < -0.3 is 5.32 Å². The first-order valence-electron chi connectivity index (χ1n) is 6.52. The molecular weight excluding hydrogens is 284 g/mol. The van der Waals surface area contributed by atoms with Crippen molar-refractivity contribution < 1.29 is 4.79 Å². The standard InChI is InChI=1S/C15H14N4OS/c1-8-12-9(2)17-10(3)18-15(12)21-13(8)14(20)19-11-5-4-6-16-7-11/h4-7H,1-3H3,(H,19,20). The highest BCUT2D eigenvalue weighted by atomic mass is 32.1. The van der Waals surface area contributed by atoms with Crippen LogP contribution in [0, 0.1) is 20.8 Å². The molecule has 21 heavy (non-hydrogen) atoms. The normalized spacial score (nSPS) is 10.8. The quantitative estimate of drug-likeness (QED) is 0.788. The van der Waals surface area contributed by atoms with E-state index in [4.69, 9.17) is 0 Å². The van der Waals surface area contributed by atoms with E-state index in [-0.39, 0.29) is 5.91 Å². The van der Waals surface area contributed by atoms with E-state index in [1.54, 1.807) is 18.5 Å². The van der Waals surface area contributed by atoms with Crippen molar-refractivity contribution in [1.82, 2.24) is 15.0 Å². The van der Waals surface area contributed by atoms with Gasteiger partial charge in [0.1, 0.15) is 10.7 Å². The lowest BCUT2D eigenvalue weighted by molar-refractivity contribution is 0.103. The highest BCUT2D eigenvalue weighted by Crippen LogP contribution is 2.31. The maximum absolute atomic E-state index is 12.4. The third-order valence-electron chi connectivity index (χ3n) is 3.21. The van der Waals surface area contributed by atoms with Gasteiger partial charge in [-0.25, -0.2) is 9.97 Å². The van der Waals surface area contributed by atoms with E-state index in [1.165, 1.54) is 11.3 Å². The minimum absolute atomic E-state index is 0.138. The summed E-state index contributed by atoms with van der Waals surface area (Å²) >= 11 is 1.40. The Morgan fingerprint density at radius 2 is 2.05 bits per heavy atom. The lowest BCUT2D eigenvalue weighted by Gasteiger charge is -2.03. The average Bonchev–Trinajstić information content (AvgIpc) is 2.77. The van der Waals surface area contributed by atoms with Crippen LogP contribution in [0.1, 0.15) is 26.8 Å². The Balaban J connectivity index is 2.03. The summed E-state index contributed by atoms with van der Waals surface area (Å²) in [4.78, 5) is 26.7. The molecule has 6 heteroatoms. The van der Waals surface area contributed by atoms with Crippen LogP contribution >= 0.6 is 11.3 Å². The second-order valence-electron chi connectivity index (χ2n) is 4.79. The van der Waals surface area contributed by atoms with Gasteiger partial charge in [0, 0.05) is 17.3 Å². The SMILES string of the molecule is Cc1nc(C)c2c(C)c(C(=O)Nc3cccnc3)sc2n1. The van der Waals surface area contributed by atoms with Gasteiger partial charge in [0.05, 0.1) is 16.8 Å². The topological polar surface area (TPSA) is 67.8 Å². The van der Waals surface area contributed by atoms with Crippen LogP contribution in [0.5, 0.6) is 0 Å². The van der Waals surface area contributed by atoms with E-state index in [1.807, 2.05) is 26.8 Å². The molecule has 1 amide bonds. The zero-order valence-corrected chi connectivity index (χ0v) is 12.8. The summed E-state index contributed by atoms with van der Waals surface area (Å²) in [7, 11) is 0. The Kier molecular flexibility index (Phi) is 3.39. The molecular formula is C15H14N4OS. The van der Waals surface area contributed by atoms with Crippen molar-refractivity contribution in [3.8, 4) is 0 Å². The van der Waals surface area contributed by atoms with Crippen LogP contribution in [0.3, 0.4) is 0 Å². The Labute approximate surface area is 126 Å². The van der Waals surface area contributed by atoms with Crippen LogP contribution in [0.4, 0.5) is 5.69 Å². The number of hydrogen-bond donors (Lipinski definition) is 1. The molecule has 0 unspecified atom stereocenters. The summed E-state index contributed by atoms with van der Waals surface area (Å²) in [6.45, 7) is 5.74. The first-order chi connectivity index (χ1) is 10.1. The molecule has 0 spiro atoms. The van der Waals surface area contributed by atoms with Gasteiger partial charge in [0.2, 0.25) is 0 Å². The second-order valence-corrected chi connectivity index (χ2v) is 5.79. The molecule has 3 rings (SSSR count). The van der Waals surface area contributed by atoms with Crippen LogP contribution in [0.25, 0.3) is 10.2 Å². The Bertz CT molecular complexity index is 827. The fraction of sp³-hybridized carbons (Fsp3) is 0.200. The number of hydrogen-bond acceptors (Lipinski definition) is 5. The Morgan fingerprint density at radius 1 is 1.24 bits per heavy atom. The number of amides is 1. The zero-order chi connectivity index (χ0) is 15.0. The molecule has 1 N–H and O–H groups in total. The van der Waals surface area contributed by atoms with E-state index in [2.05, 4.69) is 20.3 Å². The molecule has 0 bridgehead atoms. The number of thiophene rings is 1. The van der Waals surface area contributed by atoms with Crippen molar-refractivity contribution >= 4 is 33.1 Å². The Morgan fingerprint density at radius 3 is 2.76 bits per heavy atom. The Hall–Kier alpha value is -2.34. The molecule has 0 fully saturated rings. The number of pyridine rings is 1. The van der Waals surface area contributed by atoms with E-state index < -0.39 is 0 Å². The predicted octanol–water partition coefficient (Wildman–Crippen LogP) is 3.26. The molecule has 0 radical (unpaired) electrons. The maximum atomic E-state index is 12.4. The smallest absolute Gasteiger partial charge is 0.266 e. The van der Waals surface area contributed by atoms with Gasteiger partial charge >= 0.3 is 0 Å². The van der Waals surface area contributed by atoms with Crippen molar-refractivity contribution in [2.45, 2.75) is 20.8 Å². The number of fused-ring (bicyclic) bond motifs is 1. The molecule has 0 aliphatic rings. The highest BCUT2D eigenvalue weighted by molar-refractivity contribution is 7.20. The molecule has 0 saturated carbocycles. The van der Waals surface area contributed by atoms with Gasteiger partial charge in [-0.1, -0.05) is 0 Å². The van der Waals surface area contributed by atoms with Crippen LogP contribution < -0.4 is 5.32 Å². The van der Waals surface area contributed by atoms with Crippen molar-refractivity contribution in [1.29, 1.82) is 0 Å². The summed E-state index contributed by atoms with van der Waals surface area (Å²) < 4.78 is 0. The zero-order valence-electron chi connectivity index (χ0n) is 12.0. The molecule has 5 nitrogen and oxygen atoms in total. The third-order valence-corrected chi connectivity index (χ3v) is 4.39. The van der Waals surface area contributed by atoms with Crippen molar-refractivity contribution in [2.75, 3.05) is 5.32 Å². The lowest BCUT2D eigenvalue weighted by Crippen LogP contribution is -2.11. The summed E-state index contributed by atoms with van der Waals surface area (Å²) in [5, 5.41) is 3.83. The van der Waals surface area contributed by atoms with E-state index in [0.29, 0.717) is 10.6 Å². The molecule has 3 aromatic heterocycles. The maximum Gasteiger partial charge on any atom is 0.266 e. The number of nitrogens with one attached hydrogen (secondary N) is 1. The van der Waals surface area contributed by atoms with Gasteiger partial charge in [-0.2, -0.15) is 0 Å². The minimum atomic E-state index is -0.138. The van der Waals surface area contributed by atoms with Gasteiger partial charge in [-0.3, -0.25) is 9.78 Å². The molecule has 0 aliphatic heterocycles. The summed E-state index contributed by atoms with van der Waals surface area (Å²) in [6, 6.07) is 3.59. The lowest BCUT2D eigenvalue weighted by atomic mass is 10.1. The third kappa shape index (κ3) is 2.50. The average molecular weight is 298 g/mol. The molecule has 0 aliphatic carbocycles. The van der Waals surface area contributed by atoms with E-state index >= 15 is 0 Å². The predicted molar refractivity (Wildman–Crippen MR) is 83.8 cm³/mol. The van der Waals surface area contributed by atoms with Gasteiger partial charge in [0.25, 0.3) is 5.91 Å². The highest BCUT2D eigenvalue weighted by Gasteiger charge is 2.18.